The van der Waals surface area contributed by atoms with E-state index < -0.39 is 16.7 Å². The van der Waals surface area contributed by atoms with Crippen LogP contribution in [-0.2, 0) is 16.2 Å². The van der Waals surface area contributed by atoms with Gasteiger partial charge in [-0.25, -0.2) is 0 Å². The number of halogens is 1. The number of benzene rings is 3. The van der Waals surface area contributed by atoms with E-state index in [2.05, 4.69) is 21.2 Å². The lowest BCUT2D eigenvalue weighted by atomic mass is 10.1. The Kier molecular flexibility index (Phi) is 7.41. The molecule has 1 aliphatic heterocycles. The number of thiocarbonyl (C=S) groups is 1. The molecule has 9 nitrogen and oxygen atoms in total. The quantitative estimate of drug-likeness (QED) is 0.144. The van der Waals surface area contributed by atoms with Gasteiger partial charge in [-0.15, -0.1) is 0 Å². The van der Waals surface area contributed by atoms with Crippen molar-refractivity contribution in [3.8, 4) is 11.5 Å². The van der Waals surface area contributed by atoms with Crippen molar-refractivity contribution in [3.63, 3.8) is 0 Å². The molecule has 0 atom stereocenters. The predicted molar refractivity (Wildman–Crippen MR) is 141 cm³/mol. The molecule has 3 aromatic carbocycles. The van der Waals surface area contributed by atoms with Crippen molar-refractivity contribution >= 4 is 62.5 Å². The van der Waals surface area contributed by atoms with E-state index in [1.165, 1.54) is 30.2 Å². The standard InChI is InChI=1S/C25H18BrN3O6S/c1-34-22-12-16(7-10-21(22)35-14-15-5-8-18(9-6-15)29(32)33)11-20-23(30)27-25(36)28(24(20)31)19-4-2-3-17(26)13-19/h2-13H,14H2,1H3,(H,27,30,36)/b20-11+. The summed E-state index contributed by atoms with van der Waals surface area (Å²) in [6.45, 7) is 0.161. The zero-order chi connectivity index (χ0) is 25.8. The molecule has 1 saturated heterocycles. The van der Waals surface area contributed by atoms with Gasteiger partial charge >= 0.3 is 0 Å². The summed E-state index contributed by atoms with van der Waals surface area (Å²) >= 11 is 8.60. The Morgan fingerprint density at radius 2 is 1.83 bits per heavy atom. The Labute approximate surface area is 219 Å². The molecule has 0 bridgehead atoms. The fraction of sp³-hybridized carbons (Fsp3) is 0.0800. The summed E-state index contributed by atoms with van der Waals surface area (Å²) in [6.07, 6.45) is 1.45. The molecule has 1 N–H and O–H groups in total. The van der Waals surface area contributed by atoms with E-state index in [1.807, 2.05) is 6.07 Å². The maximum atomic E-state index is 13.2. The van der Waals surface area contributed by atoms with Gasteiger partial charge in [0.1, 0.15) is 12.2 Å². The summed E-state index contributed by atoms with van der Waals surface area (Å²) in [5.41, 5.74) is 1.69. The molecule has 3 aromatic rings. The molecule has 0 unspecified atom stereocenters. The molecular weight excluding hydrogens is 550 g/mol. The van der Waals surface area contributed by atoms with Crippen LogP contribution >= 0.6 is 28.1 Å². The Balaban J connectivity index is 1.56. The number of nitrogens with zero attached hydrogens (tertiary/aromatic N) is 2. The minimum Gasteiger partial charge on any atom is -0.493 e. The Morgan fingerprint density at radius 3 is 2.50 bits per heavy atom. The van der Waals surface area contributed by atoms with Crippen LogP contribution in [-0.4, -0.2) is 29.0 Å². The molecule has 182 valence electrons. The van der Waals surface area contributed by atoms with Crippen molar-refractivity contribution in [3.05, 3.63) is 98.0 Å². The molecule has 0 aliphatic carbocycles. The lowest BCUT2D eigenvalue weighted by Crippen LogP contribution is -2.54. The third kappa shape index (κ3) is 5.42. The number of carbonyl (C=O) groups is 2. The first-order valence-corrected chi connectivity index (χ1v) is 11.7. The van der Waals surface area contributed by atoms with E-state index in [0.29, 0.717) is 22.7 Å². The fourth-order valence-corrected chi connectivity index (χ4v) is 4.11. The Bertz CT molecular complexity index is 1410. The van der Waals surface area contributed by atoms with Crippen molar-refractivity contribution in [1.82, 2.24) is 5.32 Å². The SMILES string of the molecule is COc1cc(/C=C2\C(=O)NC(=S)N(c3cccc(Br)c3)C2=O)ccc1OCc1ccc([N+](=O)[O-])cc1. The van der Waals surface area contributed by atoms with Crippen LogP contribution in [0.15, 0.2) is 76.8 Å². The Hall–Kier alpha value is -4.09. The van der Waals surface area contributed by atoms with Crippen molar-refractivity contribution < 1.29 is 24.0 Å². The fourth-order valence-electron chi connectivity index (χ4n) is 3.44. The van der Waals surface area contributed by atoms with Gasteiger partial charge in [-0.1, -0.05) is 28.1 Å². The minimum atomic E-state index is -0.603. The van der Waals surface area contributed by atoms with E-state index in [4.69, 9.17) is 21.7 Å². The highest BCUT2D eigenvalue weighted by atomic mass is 79.9. The van der Waals surface area contributed by atoms with E-state index in [9.17, 15) is 19.7 Å². The zero-order valence-electron chi connectivity index (χ0n) is 18.8. The molecule has 0 aromatic heterocycles. The van der Waals surface area contributed by atoms with Gasteiger partial charge in [0.15, 0.2) is 16.6 Å². The smallest absolute Gasteiger partial charge is 0.270 e. The number of anilines is 1. The number of amides is 2. The number of ether oxygens (including phenoxy) is 2. The van der Waals surface area contributed by atoms with E-state index in [1.54, 1.807) is 48.5 Å². The molecule has 1 aliphatic rings. The van der Waals surface area contributed by atoms with Crippen LogP contribution < -0.4 is 19.7 Å². The summed E-state index contributed by atoms with van der Waals surface area (Å²) in [6, 6.07) is 18.0. The molecule has 36 heavy (non-hydrogen) atoms. The van der Waals surface area contributed by atoms with Gasteiger partial charge in [-0.05, 0) is 71.9 Å². The van der Waals surface area contributed by atoms with E-state index in [-0.39, 0.29) is 23.0 Å². The average Bonchev–Trinajstić information content (AvgIpc) is 2.85. The second-order valence-electron chi connectivity index (χ2n) is 7.56. The zero-order valence-corrected chi connectivity index (χ0v) is 21.2. The van der Waals surface area contributed by atoms with Crippen molar-refractivity contribution in [2.75, 3.05) is 12.0 Å². The third-order valence-electron chi connectivity index (χ3n) is 5.21. The van der Waals surface area contributed by atoms with Crippen LogP contribution in [0.3, 0.4) is 0 Å². The second kappa shape index (κ2) is 10.7. The van der Waals surface area contributed by atoms with Crippen molar-refractivity contribution in [2.24, 2.45) is 0 Å². The van der Waals surface area contributed by atoms with E-state index in [0.717, 1.165) is 10.0 Å². The number of carbonyl (C=O) groups excluding carboxylic acids is 2. The molecule has 2 amide bonds. The normalized spacial score (nSPS) is 14.6. The number of nitro benzene ring substituents is 1. The van der Waals surface area contributed by atoms with Crippen LogP contribution in [0, 0.1) is 10.1 Å². The summed E-state index contributed by atoms with van der Waals surface area (Å²) in [7, 11) is 1.47. The predicted octanol–water partition coefficient (Wildman–Crippen LogP) is 4.78. The first-order chi connectivity index (χ1) is 17.3. The lowest BCUT2D eigenvalue weighted by molar-refractivity contribution is -0.384. The third-order valence-corrected chi connectivity index (χ3v) is 5.99. The maximum Gasteiger partial charge on any atom is 0.270 e. The molecule has 4 rings (SSSR count). The number of hydrogen-bond donors (Lipinski definition) is 1. The monoisotopic (exact) mass is 567 g/mol. The number of nitro groups is 1. The first-order valence-electron chi connectivity index (χ1n) is 10.5. The summed E-state index contributed by atoms with van der Waals surface area (Å²) in [5, 5.41) is 13.4. The first kappa shape index (κ1) is 25.0. The van der Waals surface area contributed by atoms with Gasteiger partial charge in [0.05, 0.1) is 17.7 Å². The number of rotatable bonds is 7. The van der Waals surface area contributed by atoms with E-state index >= 15 is 0 Å². The molecule has 0 saturated carbocycles. The maximum absolute atomic E-state index is 13.2. The molecule has 11 heteroatoms. The number of methoxy groups -OCH3 is 1. The van der Waals surface area contributed by atoms with Crippen LogP contribution in [0.5, 0.6) is 11.5 Å². The largest absolute Gasteiger partial charge is 0.493 e. The van der Waals surface area contributed by atoms with Gasteiger partial charge in [0.2, 0.25) is 0 Å². The van der Waals surface area contributed by atoms with Gasteiger partial charge < -0.3 is 9.47 Å². The summed E-state index contributed by atoms with van der Waals surface area (Å²) < 4.78 is 12.0. The Morgan fingerprint density at radius 1 is 1.08 bits per heavy atom. The highest BCUT2D eigenvalue weighted by Crippen LogP contribution is 2.31. The molecular formula is C25H18BrN3O6S. The van der Waals surface area contributed by atoms with Crippen molar-refractivity contribution in [1.29, 1.82) is 0 Å². The van der Waals surface area contributed by atoms with Crippen LogP contribution in [0.25, 0.3) is 6.08 Å². The highest BCUT2D eigenvalue weighted by Gasteiger charge is 2.34. The van der Waals surface area contributed by atoms with Crippen LogP contribution in [0.2, 0.25) is 0 Å². The average molecular weight is 568 g/mol. The molecule has 1 heterocycles. The number of nitrogens with one attached hydrogen (secondary N) is 1. The van der Waals surface area contributed by atoms with Gasteiger partial charge in [-0.2, -0.15) is 0 Å². The lowest BCUT2D eigenvalue weighted by Gasteiger charge is -2.29. The van der Waals surface area contributed by atoms with Gasteiger partial charge in [0.25, 0.3) is 17.5 Å². The molecule has 0 spiro atoms. The van der Waals surface area contributed by atoms with Gasteiger partial charge in [-0.3, -0.25) is 29.9 Å². The highest BCUT2D eigenvalue weighted by molar-refractivity contribution is 9.10. The summed E-state index contributed by atoms with van der Waals surface area (Å²) in [5.74, 6) is -0.350. The summed E-state index contributed by atoms with van der Waals surface area (Å²) in [4.78, 5) is 37.4. The van der Waals surface area contributed by atoms with Crippen LogP contribution in [0.1, 0.15) is 11.1 Å². The van der Waals surface area contributed by atoms with Crippen molar-refractivity contribution in [2.45, 2.75) is 6.61 Å². The second-order valence-corrected chi connectivity index (χ2v) is 8.86. The van der Waals surface area contributed by atoms with Crippen LogP contribution in [0.4, 0.5) is 11.4 Å². The minimum absolute atomic E-state index is 0.00533. The molecule has 0 radical (unpaired) electrons. The number of non-ortho nitro benzene ring substituents is 1. The number of hydrogen-bond acceptors (Lipinski definition) is 7. The topological polar surface area (TPSA) is 111 Å². The molecule has 1 fully saturated rings. The van der Waals surface area contributed by atoms with Gasteiger partial charge in [0, 0.05) is 16.6 Å².